The number of aromatic nitrogens is 1. The lowest BCUT2D eigenvalue weighted by Gasteiger charge is -2.13. The summed E-state index contributed by atoms with van der Waals surface area (Å²) in [5.41, 5.74) is 0.896. The molecule has 1 aliphatic carbocycles. The van der Waals surface area contributed by atoms with Gasteiger partial charge in [-0.05, 0) is 74.8 Å². The summed E-state index contributed by atoms with van der Waals surface area (Å²) < 4.78 is 45.0. The normalized spacial score (nSPS) is 13.2. The summed E-state index contributed by atoms with van der Waals surface area (Å²) in [5, 5.41) is 0. The van der Waals surface area contributed by atoms with Gasteiger partial charge in [-0.25, -0.2) is 13.8 Å². The first kappa shape index (κ1) is 22.0. The second-order valence-corrected chi connectivity index (χ2v) is 7.34. The molecular weight excluding hydrogens is 392 g/mol. The number of pyridine rings is 1. The zero-order chi connectivity index (χ0) is 21.3. The molecule has 1 aromatic carbocycles. The fraction of sp³-hybridized carbons (Fsp3) is 0.478. The average molecular weight is 419 g/mol. The molecule has 0 atom stereocenters. The van der Waals surface area contributed by atoms with Gasteiger partial charge in [0.15, 0.2) is 17.4 Å². The summed E-state index contributed by atoms with van der Waals surface area (Å²) >= 11 is 0. The summed E-state index contributed by atoms with van der Waals surface area (Å²) in [6.45, 7) is 2.85. The van der Waals surface area contributed by atoms with Crippen LogP contribution < -0.4 is 9.47 Å². The van der Waals surface area contributed by atoms with Gasteiger partial charge in [-0.2, -0.15) is 0 Å². The van der Waals surface area contributed by atoms with Crippen molar-refractivity contribution in [2.45, 2.75) is 45.4 Å². The molecule has 0 amide bonds. The highest BCUT2D eigenvalue weighted by Gasteiger charge is 2.23. The number of nitrogens with zero attached hydrogens (tertiary/aromatic N) is 1. The lowest BCUT2D eigenvalue weighted by molar-refractivity contribution is -0.143. The van der Waals surface area contributed by atoms with Crippen LogP contribution in [0, 0.1) is 17.6 Å². The van der Waals surface area contributed by atoms with Crippen molar-refractivity contribution in [3.63, 3.8) is 0 Å². The van der Waals surface area contributed by atoms with Crippen molar-refractivity contribution in [1.82, 2.24) is 4.98 Å². The molecular formula is C23H27F2NO4. The quantitative estimate of drug-likeness (QED) is 0.344. The molecule has 0 N–H and O–H groups in total. The standard InChI is InChI=1S/C23H27F2NO4/c1-2-28-21(27)8-4-3-5-12-29-22-19(24)13-17(14-20(22)25)18-7-6-11-26-23(18)30-15-16-9-10-16/h6-7,11,13-14,16H,2-5,8-10,12,15H2,1H3. The number of esters is 1. The molecule has 7 heteroatoms. The van der Waals surface area contributed by atoms with Crippen LogP contribution in [0.4, 0.5) is 8.78 Å². The van der Waals surface area contributed by atoms with Crippen LogP contribution in [0.2, 0.25) is 0 Å². The Labute approximate surface area is 175 Å². The smallest absolute Gasteiger partial charge is 0.305 e. The van der Waals surface area contributed by atoms with Gasteiger partial charge in [-0.15, -0.1) is 0 Å². The Bertz CT molecular complexity index is 832. The van der Waals surface area contributed by atoms with E-state index in [4.69, 9.17) is 14.2 Å². The van der Waals surface area contributed by atoms with Crippen molar-refractivity contribution >= 4 is 5.97 Å². The predicted molar refractivity (Wildman–Crippen MR) is 108 cm³/mol. The van der Waals surface area contributed by atoms with Crippen LogP contribution in [0.5, 0.6) is 11.6 Å². The molecule has 1 saturated carbocycles. The van der Waals surface area contributed by atoms with E-state index in [2.05, 4.69) is 4.98 Å². The van der Waals surface area contributed by atoms with Crippen LogP contribution in [0.3, 0.4) is 0 Å². The number of hydrogen-bond donors (Lipinski definition) is 0. The van der Waals surface area contributed by atoms with Gasteiger partial charge in [-0.1, -0.05) is 0 Å². The summed E-state index contributed by atoms with van der Waals surface area (Å²) in [5.74, 6) is -1.25. The highest BCUT2D eigenvalue weighted by molar-refractivity contribution is 5.69. The van der Waals surface area contributed by atoms with Gasteiger partial charge in [-0.3, -0.25) is 4.79 Å². The summed E-state index contributed by atoms with van der Waals surface area (Å²) in [6.07, 6.45) is 6.15. The molecule has 0 saturated heterocycles. The number of unbranched alkanes of at least 4 members (excludes halogenated alkanes) is 2. The fourth-order valence-corrected chi connectivity index (χ4v) is 3.02. The molecule has 1 aromatic heterocycles. The van der Waals surface area contributed by atoms with E-state index < -0.39 is 17.4 Å². The van der Waals surface area contributed by atoms with Crippen molar-refractivity contribution in [1.29, 1.82) is 0 Å². The Balaban J connectivity index is 1.56. The van der Waals surface area contributed by atoms with Crippen molar-refractivity contribution in [3.05, 3.63) is 42.1 Å². The predicted octanol–water partition coefficient (Wildman–Crippen LogP) is 5.32. The van der Waals surface area contributed by atoms with Crippen LogP contribution in [0.15, 0.2) is 30.5 Å². The van der Waals surface area contributed by atoms with E-state index in [1.54, 1.807) is 25.3 Å². The lowest BCUT2D eigenvalue weighted by Crippen LogP contribution is -2.05. The maximum absolute atomic E-state index is 14.5. The Morgan fingerprint density at radius 1 is 1.13 bits per heavy atom. The van der Waals surface area contributed by atoms with E-state index in [1.165, 1.54) is 12.1 Å². The molecule has 162 valence electrons. The van der Waals surface area contributed by atoms with Crippen LogP contribution in [0.1, 0.15) is 45.4 Å². The molecule has 5 nitrogen and oxygen atoms in total. The third-order valence-electron chi connectivity index (χ3n) is 4.81. The third-order valence-corrected chi connectivity index (χ3v) is 4.81. The SMILES string of the molecule is CCOC(=O)CCCCCOc1c(F)cc(-c2cccnc2OCC2CC2)cc1F. The summed E-state index contributed by atoms with van der Waals surface area (Å²) in [6, 6.07) is 5.91. The molecule has 0 unspecified atom stereocenters. The number of rotatable bonds is 12. The lowest BCUT2D eigenvalue weighted by atomic mass is 10.1. The first-order valence-electron chi connectivity index (χ1n) is 10.4. The largest absolute Gasteiger partial charge is 0.488 e. The second-order valence-electron chi connectivity index (χ2n) is 7.34. The number of benzene rings is 1. The maximum atomic E-state index is 14.5. The monoisotopic (exact) mass is 419 g/mol. The van der Waals surface area contributed by atoms with Crippen LogP contribution in [-0.4, -0.2) is 30.8 Å². The van der Waals surface area contributed by atoms with E-state index in [-0.39, 0.29) is 12.6 Å². The molecule has 1 aliphatic rings. The number of carbonyl (C=O) groups excluding carboxylic acids is 1. The summed E-state index contributed by atoms with van der Waals surface area (Å²) in [7, 11) is 0. The van der Waals surface area contributed by atoms with Crippen molar-refractivity contribution in [3.8, 4) is 22.8 Å². The van der Waals surface area contributed by atoms with Crippen molar-refractivity contribution in [2.75, 3.05) is 19.8 Å². The van der Waals surface area contributed by atoms with Gasteiger partial charge in [0.05, 0.1) is 19.8 Å². The molecule has 2 aromatic rings. The van der Waals surface area contributed by atoms with Gasteiger partial charge < -0.3 is 14.2 Å². The van der Waals surface area contributed by atoms with Gasteiger partial charge in [0, 0.05) is 18.2 Å². The number of halogens is 2. The molecule has 1 heterocycles. The highest BCUT2D eigenvalue weighted by Crippen LogP contribution is 2.35. The van der Waals surface area contributed by atoms with E-state index in [9.17, 15) is 13.6 Å². The molecule has 0 bridgehead atoms. The topological polar surface area (TPSA) is 57.7 Å². The number of carbonyl (C=O) groups is 1. The molecule has 30 heavy (non-hydrogen) atoms. The van der Waals surface area contributed by atoms with Crippen LogP contribution in [-0.2, 0) is 9.53 Å². The zero-order valence-electron chi connectivity index (χ0n) is 17.2. The van der Waals surface area contributed by atoms with Crippen molar-refractivity contribution < 1.29 is 27.8 Å². The van der Waals surface area contributed by atoms with Gasteiger partial charge in [0.2, 0.25) is 5.88 Å². The van der Waals surface area contributed by atoms with Gasteiger partial charge in [0.25, 0.3) is 0 Å². The number of ether oxygens (including phenoxy) is 3. The Morgan fingerprint density at radius 3 is 2.60 bits per heavy atom. The number of hydrogen-bond acceptors (Lipinski definition) is 5. The highest BCUT2D eigenvalue weighted by atomic mass is 19.1. The second kappa shape index (κ2) is 10.9. The van der Waals surface area contributed by atoms with E-state index in [0.717, 1.165) is 12.8 Å². The molecule has 0 aliphatic heterocycles. The Kier molecular flexibility index (Phi) is 7.99. The minimum Gasteiger partial charge on any atom is -0.488 e. The zero-order valence-corrected chi connectivity index (χ0v) is 17.2. The van der Waals surface area contributed by atoms with Crippen LogP contribution in [0.25, 0.3) is 11.1 Å². The van der Waals surface area contributed by atoms with Crippen LogP contribution >= 0.6 is 0 Å². The van der Waals surface area contributed by atoms with E-state index >= 15 is 0 Å². The Hall–Kier alpha value is -2.70. The summed E-state index contributed by atoms with van der Waals surface area (Å²) in [4.78, 5) is 15.5. The van der Waals surface area contributed by atoms with Crippen molar-refractivity contribution in [2.24, 2.45) is 5.92 Å². The average Bonchev–Trinajstić information content (AvgIpc) is 3.55. The minimum absolute atomic E-state index is 0.165. The molecule has 1 fully saturated rings. The first-order valence-corrected chi connectivity index (χ1v) is 10.4. The third kappa shape index (κ3) is 6.40. The van der Waals surface area contributed by atoms with E-state index in [1.807, 2.05) is 0 Å². The molecule has 0 spiro atoms. The van der Waals surface area contributed by atoms with E-state index in [0.29, 0.717) is 61.8 Å². The minimum atomic E-state index is -0.770. The van der Waals surface area contributed by atoms with Gasteiger partial charge in [0.1, 0.15) is 0 Å². The fourth-order valence-electron chi connectivity index (χ4n) is 3.02. The maximum Gasteiger partial charge on any atom is 0.305 e. The first-order chi connectivity index (χ1) is 14.6. The molecule has 3 rings (SSSR count). The Morgan fingerprint density at radius 2 is 1.90 bits per heavy atom. The molecule has 0 radical (unpaired) electrons. The van der Waals surface area contributed by atoms with Gasteiger partial charge >= 0.3 is 5.97 Å².